The summed E-state index contributed by atoms with van der Waals surface area (Å²) in [6, 6.07) is 14.4. The van der Waals surface area contributed by atoms with E-state index >= 15 is 0 Å². The van der Waals surface area contributed by atoms with Gasteiger partial charge in [0.25, 0.3) is 0 Å². The van der Waals surface area contributed by atoms with E-state index < -0.39 is 0 Å². The third-order valence-electron chi connectivity index (χ3n) is 4.50. The van der Waals surface area contributed by atoms with Crippen LogP contribution >= 0.6 is 11.3 Å². The Morgan fingerprint density at radius 2 is 2.00 bits per heavy atom. The molecule has 0 unspecified atom stereocenters. The molecule has 144 valence electrons. The lowest BCUT2D eigenvalue weighted by Crippen LogP contribution is -2.23. The number of hydrogen-bond donors (Lipinski definition) is 1. The number of pyridine rings is 1. The van der Waals surface area contributed by atoms with E-state index in [0.29, 0.717) is 0 Å². The molecule has 1 aromatic carbocycles. The third kappa shape index (κ3) is 5.62. The minimum Gasteiger partial charge on any atom is -0.332 e. The number of anilines is 2. The first-order chi connectivity index (χ1) is 13.7. The van der Waals surface area contributed by atoms with Gasteiger partial charge in [0, 0.05) is 30.4 Å². The van der Waals surface area contributed by atoms with Crippen molar-refractivity contribution >= 4 is 22.2 Å². The maximum absolute atomic E-state index is 4.63. The van der Waals surface area contributed by atoms with Crippen molar-refractivity contribution in [1.29, 1.82) is 0 Å². The van der Waals surface area contributed by atoms with Gasteiger partial charge in [-0.15, -0.1) is 11.3 Å². The highest BCUT2D eigenvalue weighted by molar-refractivity contribution is 7.14. The second kappa shape index (κ2) is 9.97. The highest BCUT2D eigenvalue weighted by Crippen LogP contribution is 2.26. The first kappa shape index (κ1) is 20.0. The van der Waals surface area contributed by atoms with Crippen molar-refractivity contribution in [1.82, 2.24) is 14.9 Å². The second-order valence-corrected chi connectivity index (χ2v) is 7.49. The van der Waals surface area contributed by atoms with E-state index in [-0.39, 0.29) is 0 Å². The quantitative estimate of drug-likeness (QED) is 0.486. The molecule has 28 heavy (non-hydrogen) atoms. The SMILES string of the molecule is C=C/C(=C\C)CN(C)CCc1ccc(Nc2nc(-c3ccccn3)cs2)cc1. The smallest absolute Gasteiger partial charge is 0.187 e. The molecule has 1 N–H and O–H groups in total. The number of nitrogens with one attached hydrogen (secondary N) is 1. The van der Waals surface area contributed by atoms with Gasteiger partial charge >= 0.3 is 0 Å². The Morgan fingerprint density at radius 3 is 2.68 bits per heavy atom. The van der Waals surface area contributed by atoms with E-state index in [2.05, 4.69) is 71.1 Å². The van der Waals surface area contributed by atoms with Gasteiger partial charge in [-0.05, 0) is 55.8 Å². The molecule has 0 spiro atoms. The summed E-state index contributed by atoms with van der Waals surface area (Å²) >= 11 is 1.59. The Bertz CT molecular complexity index is 913. The predicted molar refractivity (Wildman–Crippen MR) is 120 cm³/mol. The Balaban J connectivity index is 1.53. The monoisotopic (exact) mass is 390 g/mol. The van der Waals surface area contributed by atoms with E-state index in [9.17, 15) is 0 Å². The van der Waals surface area contributed by atoms with E-state index in [1.165, 1.54) is 11.1 Å². The lowest BCUT2D eigenvalue weighted by Gasteiger charge is -2.17. The first-order valence-corrected chi connectivity index (χ1v) is 10.2. The van der Waals surface area contributed by atoms with Crippen LogP contribution in [0.3, 0.4) is 0 Å². The van der Waals surface area contributed by atoms with Crippen LogP contribution in [-0.2, 0) is 6.42 Å². The Kier molecular flexibility index (Phi) is 7.12. The molecule has 2 heterocycles. The Morgan fingerprint density at radius 1 is 1.18 bits per heavy atom. The Labute approximate surface area is 171 Å². The molecule has 0 atom stereocenters. The van der Waals surface area contributed by atoms with Gasteiger partial charge < -0.3 is 10.2 Å². The fourth-order valence-electron chi connectivity index (χ4n) is 2.83. The number of hydrogen-bond acceptors (Lipinski definition) is 5. The van der Waals surface area contributed by atoms with Crippen LogP contribution in [-0.4, -0.2) is 35.0 Å². The maximum Gasteiger partial charge on any atom is 0.187 e. The standard InChI is InChI=1S/C23H26N4S/c1-4-18(5-2)16-27(3)15-13-19-9-11-20(12-10-19)25-23-26-22(17-28-23)21-8-6-7-14-24-21/h4-12,14,17H,1,13,15-16H2,2-3H3,(H,25,26)/b18-5+. The van der Waals surface area contributed by atoms with Crippen molar-refractivity contribution in [2.45, 2.75) is 13.3 Å². The van der Waals surface area contributed by atoms with Crippen LogP contribution in [0.25, 0.3) is 11.4 Å². The van der Waals surface area contributed by atoms with Gasteiger partial charge in [0.2, 0.25) is 0 Å². The number of aromatic nitrogens is 2. The van der Waals surface area contributed by atoms with Gasteiger partial charge in [0.15, 0.2) is 5.13 Å². The van der Waals surface area contributed by atoms with Gasteiger partial charge in [0.1, 0.15) is 5.69 Å². The van der Waals surface area contributed by atoms with E-state index in [0.717, 1.165) is 41.7 Å². The summed E-state index contributed by atoms with van der Waals surface area (Å²) in [4.78, 5) is 11.3. The summed E-state index contributed by atoms with van der Waals surface area (Å²) in [5.41, 5.74) is 5.42. The molecule has 0 saturated heterocycles. The third-order valence-corrected chi connectivity index (χ3v) is 5.26. The highest BCUT2D eigenvalue weighted by atomic mass is 32.1. The Hall–Kier alpha value is -2.76. The maximum atomic E-state index is 4.63. The number of nitrogens with zero attached hydrogens (tertiary/aromatic N) is 3. The fraction of sp³-hybridized carbons (Fsp3) is 0.217. The van der Waals surface area contributed by atoms with Gasteiger partial charge in [-0.1, -0.05) is 36.9 Å². The summed E-state index contributed by atoms with van der Waals surface area (Å²) in [5, 5.41) is 6.27. The molecule has 0 saturated carbocycles. The van der Waals surface area contributed by atoms with E-state index in [1.807, 2.05) is 29.7 Å². The van der Waals surface area contributed by atoms with Crippen molar-refractivity contribution in [3.05, 3.63) is 83.9 Å². The minimum absolute atomic E-state index is 0.872. The average molecular weight is 391 g/mol. The number of thiazole rings is 1. The number of allylic oxidation sites excluding steroid dienone is 1. The average Bonchev–Trinajstić information content (AvgIpc) is 3.20. The summed E-state index contributed by atoms with van der Waals surface area (Å²) in [7, 11) is 2.14. The van der Waals surface area contributed by atoms with E-state index in [1.54, 1.807) is 17.5 Å². The van der Waals surface area contributed by atoms with Crippen LogP contribution < -0.4 is 5.32 Å². The molecule has 0 aliphatic carbocycles. The van der Waals surface area contributed by atoms with Crippen LogP contribution in [0.2, 0.25) is 0 Å². The zero-order valence-corrected chi connectivity index (χ0v) is 17.2. The molecule has 3 rings (SSSR count). The molecular formula is C23H26N4S. The normalized spacial score (nSPS) is 11.6. The predicted octanol–water partition coefficient (Wildman–Crippen LogP) is 5.56. The number of rotatable bonds is 9. The van der Waals surface area contributed by atoms with E-state index in [4.69, 9.17) is 0 Å². The van der Waals surface area contributed by atoms with Crippen LogP contribution in [0.5, 0.6) is 0 Å². The molecule has 0 aliphatic heterocycles. The molecule has 0 radical (unpaired) electrons. The van der Waals surface area contributed by atoms with Crippen LogP contribution in [0.15, 0.2) is 78.3 Å². The number of benzene rings is 1. The van der Waals surface area contributed by atoms with Gasteiger partial charge in [-0.25, -0.2) is 4.98 Å². The summed E-state index contributed by atoms with van der Waals surface area (Å²) in [6.07, 6.45) is 6.84. The molecule has 0 amide bonds. The van der Waals surface area contributed by atoms with Crippen LogP contribution in [0, 0.1) is 0 Å². The largest absolute Gasteiger partial charge is 0.332 e. The van der Waals surface area contributed by atoms with Crippen molar-refractivity contribution in [2.24, 2.45) is 0 Å². The zero-order chi connectivity index (χ0) is 19.8. The van der Waals surface area contributed by atoms with Gasteiger partial charge in [0.05, 0.1) is 5.69 Å². The first-order valence-electron chi connectivity index (χ1n) is 9.37. The second-order valence-electron chi connectivity index (χ2n) is 6.63. The van der Waals surface area contributed by atoms with Gasteiger partial charge in [-0.2, -0.15) is 0 Å². The molecule has 0 fully saturated rings. The van der Waals surface area contributed by atoms with Gasteiger partial charge in [-0.3, -0.25) is 4.98 Å². The van der Waals surface area contributed by atoms with Crippen LogP contribution in [0.4, 0.5) is 10.8 Å². The zero-order valence-electron chi connectivity index (χ0n) is 16.4. The van der Waals surface area contributed by atoms with Crippen molar-refractivity contribution < 1.29 is 0 Å². The molecule has 3 aromatic rings. The molecular weight excluding hydrogens is 364 g/mol. The molecule has 2 aromatic heterocycles. The lowest BCUT2D eigenvalue weighted by atomic mass is 10.1. The fourth-order valence-corrected chi connectivity index (χ4v) is 3.55. The minimum atomic E-state index is 0.872. The van der Waals surface area contributed by atoms with Crippen molar-refractivity contribution in [3.63, 3.8) is 0 Å². The summed E-state index contributed by atoms with van der Waals surface area (Å²) in [6.45, 7) is 7.85. The number of likely N-dealkylation sites (N-methyl/N-ethyl adjacent to an activating group) is 1. The lowest BCUT2D eigenvalue weighted by molar-refractivity contribution is 0.369. The summed E-state index contributed by atoms with van der Waals surface area (Å²) < 4.78 is 0. The molecule has 0 aliphatic rings. The summed E-state index contributed by atoms with van der Waals surface area (Å²) in [5.74, 6) is 0. The molecule has 4 nitrogen and oxygen atoms in total. The van der Waals surface area contributed by atoms with Crippen molar-refractivity contribution in [2.75, 3.05) is 25.5 Å². The van der Waals surface area contributed by atoms with Crippen molar-refractivity contribution in [3.8, 4) is 11.4 Å². The molecule has 0 bridgehead atoms. The highest BCUT2D eigenvalue weighted by Gasteiger charge is 2.06. The molecule has 5 heteroatoms. The van der Waals surface area contributed by atoms with Crippen LogP contribution in [0.1, 0.15) is 12.5 Å². The topological polar surface area (TPSA) is 41.0 Å².